The minimum absolute atomic E-state index is 0.000668. The van der Waals surface area contributed by atoms with E-state index in [0.717, 1.165) is 12.8 Å². The molecule has 2 aromatic rings. The molecule has 0 atom stereocenters. The molecular weight excluding hydrogens is 417 g/mol. The summed E-state index contributed by atoms with van der Waals surface area (Å²) < 4.78 is 46.9. The zero-order valence-corrected chi connectivity index (χ0v) is 16.5. The van der Waals surface area contributed by atoms with Gasteiger partial charge in [0.2, 0.25) is 17.7 Å². The molecular formula is C20H19F3N4O4. The molecule has 1 fully saturated rings. The number of pyridine rings is 2. The second-order valence-electron chi connectivity index (χ2n) is 7.33. The molecule has 0 unspecified atom stereocenters. The number of alkyl halides is 3. The summed E-state index contributed by atoms with van der Waals surface area (Å²) in [5.74, 6) is -0.163. The Bertz CT molecular complexity index is 1020. The Morgan fingerprint density at radius 2 is 2.06 bits per heavy atom. The third kappa shape index (κ3) is 4.70. The van der Waals surface area contributed by atoms with Gasteiger partial charge in [0.15, 0.2) is 6.61 Å². The lowest BCUT2D eigenvalue weighted by molar-refractivity contribution is -0.154. The van der Waals surface area contributed by atoms with Gasteiger partial charge < -0.3 is 19.7 Å². The lowest BCUT2D eigenvalue weighted by Crippen LogP contribution is -2.24. The van der Waals surface area contributed by atoms with E-state index in [9.17, 15) is 22.8 Å². The van der Waals surface area contributed by atoms with E-state index in [1.54, 1.807) is 6.07 Å². The number of nitrogens with one attached hydrogen (secondary N) is 1. The largest absolute Gasteiger partial charge is 0.481 e. The lowest BCUT2D eigenvalue weighted by Gasteiger charge is -2.18. The number of nitrogens with zero attached hydrogens (tertiary/aromatic N) is 3. The van der Waals surface area contributed by atoms with Crippen molar-refractivity contribution in [3.63, 3.8) is 0 Å². The minimum atomic E-state index is -4.48. The quantitative estimate of drug-likeness (QED) is 0.718. The lowest BCUT2D eigenvalue weighted by atomic mass is 10.1. The van der Waals surface area contributed by atoms with Crippen LogP contribution in [0.2, 0.25) is 0 Å². The Labute approximate surface area is 175 Å². The predicted molar refractivity (Wildman–Crippen MR) is 102 cm³/mol. The SMILES string of the molecule is COc1nc(OCC(F)(F)F)ccc1CN1Cc2c(ccnc2NC(=O)C2CC2)C1=O. The van der Waals surface area contributed by atoms with E-state index >= 15 is 0 Å². The van der Waals surface area contributed by atoms with Gasteiger partial charge in [0.25, 0.3) is 5.91 Å². The van der Waals surface area contributed by atoms with Crippen molar-refractivity contribution in [3.8, 4) is 11.8 Å². The number of amides is 2. The summed E-state index contributed by atoms with van der Waals surface area (Å²) in [6, 6.07) is 4.38. The zero-order valence-electron chi connectivity index (χ0n) is 16.5. The minimum Gasteiger partial charge on any atom is -0.481 e. The maximum Gasteiger partial charge on any atom is 0.422 e. The van der Waals surface area contributed by atoms with Crippen molar-refractivity contribution in [2.45, 2.75) is 32.1 Å². The van der Waals surface area contributed by atoms with Crippen LogP contribution < -0.4 is 14.8 Å². The average Bonchev–Trinajstić information content (AvgIpc) is 3.53. The highest BCUT2D eigenvalue weighted by Crippen LogP contribution is 2.33. The van der Waals surface area contributed by atoms with Gasteiger partial charge in [-0.3, -0.25) is 9.59 Å². The van der Waals surface area contributed by atoms with Crippen molar-refractivity contribution in [2.24, 2.45) is 5.92 Å². The molecule has 1 saturated carbocycles. The predicted octanol–water partition coefficient (Wildman–Crippen LogP) is 2.93. The Morgan fingerprint density at radius 1 is 1.29 bits per heavy atom. The molecule has 2 aliphatic rings. The number of hydrogen-bond donors (Lipinski definition) is 1. The maximum atomic E-state index is 12.8. The van der Waals surface area contributed by atoms with Crippen molar-refractivity contribution < 1.29 is 32.2 Å². The van der Waals surface area contributed by atoms with Crippen molar-refractivity contribution >= 4 is 17.6 Å². The summed E-state index contributed by atoms with van der Waals surface area (Å²) in [6.45, 7) is -1.14. The summed E-state index contributed by atoms with van der Waals surface area (Å²) >= 11 is 0. The molecule has 1 N–H and O–H groups in total. The van der Waals surface area contributed by atoms with Gasteiger partial charge in [-0.1, -0.05) is 0 Å². The second-order valence-corrected chi connectivity index (χ2v) is 7.33. The van der Waals surface area contributed by atoms with Crippen molar-refractivity contribution in [2.75, 3.05) is 19.0 Å². The van der Waals surface area contributed by atoms with Crippen molar-refractivity contribution in [3.05, 3.63) is 41.1 Å². The van der Waals surface area contributed by atoms with Gasteiger partial charge in [0.1, 0.15) is 5.82 Å². The summed E-state index contributed by atoms with van der Waals surface area (Å²) in [7, 11) is 1.33. The smallest absolute Gasteiger partial charge is 0.422 e. The molecule has 8 nitrogen and oxygen atoms in total. The van der Waals surface area contributed by atoms with Gasteiger partial charge in [0, 0.05) is 34.9 Å². The molecule has 0 spiro atoms. The van der Waals surface area contributed by atoms with Crippen molar-refractivity contribution in [1.82, 2.24) is 14.9 Å². The Kier molecular flexibility index (Phi) is 5.42. The van der Waals surface area contributed by atoms with Gasteiger partial charge in [-0.05, 0) is 25.0 Å². The van der Waals surface area contributed by atoms with Gasteiger partial charge in [-0.2, -0.15) is 18.2 Å². The highest BCUT2D eigenvalue weighted by Gasteiger charge is 2.34. The first-order valence-electron chi connectivity index (χ1n) is 9.56. The van der Waals surface area contributed by atoms with Crippen LogP contribution in [0.3, 0.4) is 0 Å². The molecule has 0 saturated heterocycles. The first kappa shape index (κ1) is 20.9. The van der Waals surface area contributed by atoms with Gasteiger partial charge >= 0.3 is 6.18 Å². The van der Waals surface area contributed by atoms with Crippen LogP contribution in [0.15, 0.2) is 24.4 Å². The normalized spacial score (nSPS) is 15.6. The molecule has 31 heavy (non-hydrogen) atoms. The Morgan fingerprint density at radius 3 is 2.74 bits per heavy atom. The van der Waals surface area contributed by atoms with E-state index in [4.69, 9.17) is 4.74 Å². The number of ether oxygens (including phenoxy) is 2. The first-order valence-corrected chi connectivity index (χ1v) is 9.56. The number of hydrogen-bond acceptors (Lipinski definition) is 6. The number of fused-ring (bicyclic) bond motifs is 1. The summed E-state index contributed by atoms with van der Waals surface area (Å²) in [4.78, 5) is 34.6. The van der Waals surface area contributed by atoms with E-state index in [1.807, 2.05) is 0 Å². The van der Waals surface area contributed by atoms with Crippen LogP contribution in [-0.2, 0) is 17.9 Å². The third-order valence-electron chi connectivity index (χ3n) is 4.96. The second kappa shape index (κ2) is 8.05. The van der Waals surface area contributed by atoms with Crippen LogP contribution in [0.25, 0.3) is 0 Å². The highest BCUT2D eigenvalue weighted by molar-refractivity contribution is 6.01. The number of carbonyl (C=O) groups is 2. The van der Waals surface area contributed by atoms with Crippen LogP contribution in [0, 0.1) is 5.92 Å². The van der Waals surface area contributed by atoms with Crippen LogP contribution in [0.5, 0.6) is 11.8 Å². The van der Waals surface area contributed by atoms with E-state index < -0.39 is 12.8 Å². The standard InChI is InChI=1S/C20H19F3N4O4/c1-30-18-12(4-5-15(25-18)31-10-20(21,22)23)8-27-9-14-13(19(27)29)6-7-24-16(14)26-17(28)11-2-3-11/h4-7,11H,2-3,8-10H2,1H3,(H,24,26,28). The molecule has 2 amide bonds. The molecule has 2 aromatic heterocycles. The molecule has 4 rings (SSSR count). The van der Waals surface area contributed by atoms with Gasteiger partial charge in [-0.25, -0.2) is 4.98 Å². The number of anilines is 1. The summed E-state index contributed by atoms with van der Waals surface area (Å²) in [5.41, 5.74) is 1.57. The average molecular weight is 436 g/mol. The number of halogens is 3. The van der Waals surface area contributed by atoms with Crippen LogP contribution in [0.1, 0.15) is 34.3 Å². The van der Waals surface area contributed by atoms with E-state index in [-0.39, 0.29) is 42.6 Å². The maximum absolute atomic E-state index is 12.8. The topological polar surface area (TPSA) is 93.7 Å². The Hall–Kier alpha value is -3.37. The van der Waals surface area contributed by atoms with Crippen LogP contribution in [-0.4, -0.2) is 46.6 Å². The number of carbonyl (C=O) groups excluding carboxylic acids is 2. The molecule has 0 bridgehead atoms. The summed E-state index contributed by atoms with van der Waals surface area (Å²) in [6.07, 6.45) is -1.32. The summed E-state index contributed by atoms with van der Waals surface area (Å²) in [5, 5.41) is 2.79. The fourth-order valence-electron chi connectivity index (χ4n) is 3.28. The molecule has 164 valence electrons. The molecule has 3 heterocycles. The van der Waals surface area contributed by atoms with Gasteiger partial charge in [-0.15, -0.1) is 0 Å². The fraction of sp³-hybridized carbons (Fsp3) is 0.400. The van der Waals surface area contributed by atoms with Crippen molar-refractivity contribution in [1.29, 1.82) is 0 Å². The third-order valence-corrected chi connectivity index (χ3v) is 4.96. The molecule has 0 aromatic carbocycles. The van der Waals surface area contributed by atoms with Crippen LogP contribution >= 0.6 is 0 Å². The van der Waals surface area contributed by atoms with Crippen LogP contribution in [0.4, 0.5) is 19.0 Å². The molecule has 1 aliphatic heterocycles. The zero-order chi connectivity index (χ0) is 22.2. The molecule has 11 heteroatoms. The molecule has 1 aliphatic carbocycles. The molecule has 0 radical (unpaired) electrons. The highest BCUT2D eigenvalue weighted by atomic mass is 19.4. The van der Waals surface area contributed by atoms with Gasteiger partial charge in [0.05, 0.1) is 20.2 Å². The van der Waals surface area contributed by atoms with E-state index in [1.165, 1.54) is 30.3 Å². The van der Waals surface area contributed by atoms with E-state index in [0.29, 0.717) is 22.5 Å². The number of rotatable bonds is 7. The number of methoxy groups -OCH3 is 1. The van der Waals surface area contributed by atoms with E-state index in [2.05, 4.69) is 20.0 Å². The first-order chi connectivity index (χ1) is 14.7. The number of aromatic nitrogens is 2. The monoisotopic (exact) mass is 436 g/mol. The fourth-order valence-corrected chi connectivity index (χ4v) is 3.28. The Balaban J connectivity index is 1.49.